The molecule has 1 fully saturated rings. The molecule has 2 aliphatic heterocycles. The Labute approximate surface area is 140 Å². The molecule has 0 spiro atoms. The molecular formula is C16H24O8. The van der Waals surface area contributed by atoms with Crippen LogP contribution in [0.1, 0.15) is 20.3 Å². The minimum absolute atomic E-state index is 0.178. The van der Waals surface area contributed by atoms with E-state index >= 15 is 0 Å². The molecule has 0 aromatic rings. The first kappa shape index (κ1) is 19.0. The molecule has 0 amide bonds. The number of hydrogen-bond acceptors (Lipinski definition) is 8. The molecule has 2 rings (SSSR count). The second-order valence-corrected chi connectivity index (χ2v) is 6.16. The lowest BCUT2D eigenvalue weighted by Gasteiger charge is -2.39. The Kier molecular flexibility index (Phi) is 6.50. The number of cyclic esters (lactones) is 1. The number of hydrogen-bond donors (Lipinski definition) is 4. The fourth-order valence-electron chi connectivity index (χ4n) is 2.57. The summed E-state index contributed by atoms with van der Waals surface area (Å²) in [6, 6.07) is 0. The normalized spacial score (nSPS) is 36.8. The van der Waals surface area contributed by atoms with Crippen LogP contribution in [0.4, 0.5) is 0 Å². The quantitative estimate of drug-likeness (QED) is 0.370. The van der Waals surface area contributed by atoms with Gasteiger partial charge in [-0.2, -0.15) is 0 Å². The van der Waals surface area contributed by atoms with Gasteiger partial charge < -0.3 is 34.6 Å². The van der Waals surface area contributed by atoms with Gasteiger partial charge in [0.1, 0.15) is 30.5 Å². The lowest BCUT2D eigenvalue weighted by Crippen LogP contribution is -2.59. The Morgan fingerprint density at radius 1 is 1.29 bits per heavy atom. The van der Waals surface area contributed by atoms with Gasteiger partial charge >= 0.3 is 5.97 Å². The van der Waals surface area contributed by atoms with Crippen LogP contribution in [0.15, 0.2) is 23.3 Å². The molecule has 0 aliphatic carbocycles. The number of ether oxygens (including phenoxy) is 3. The van der Waals surface area contributed by atoms with Gasteiger partial charge in [-0.3, -0.25) is 0 Å². The zero-order valence-corrected chi connectivity index (χ0v) is 13.7. The Morgan fingerprint density at radius 3 is 2.58 bits per heavy atom. The number of allylic oxidation sites excluding steroid dienone is 1. The monoisotopic (exact) mass is 344 g/mol. The summed E-state index contributed by atoms with van der Waals surface area (Å²) >= 11 is 0. The number of carbonyl (C=O) groups excluding carboxylic acids is 1. The summed E-state index contributed by atoms with van der Waals surface area (Å²) in [6.45, 7) is 3.10. The van der Waals surface area contributed by atoms with Crippen molar-refractivity contribution in [2.45, 2.75) is 57.1 Å². The number of aliphatic hydroxyl groups excluding tert-OH is 4. The highest BCUT2D eigenvalue weighted by molar-refractivity contribution is 5.89. The van der Waals surface area contributed by atoms with Crippen LogP contribution >= 0.6 is 0 Å². The molecule has 2 heterocycles. The molecule has 0 saturated carbocycles. The fraction of sp³-hybridized carbons (Fsp3) is 0.688. The zero-order chi connectivity index (χ0) is 17.9. The predicted molar refractivity (Wildman–Crippen MR) is 81.7 cm³/mol. The van der Waals surface area contributed by atoms with Crippen LogP contribution in [0.25, 0.3) is 0 Å². The van der Waals surface area contributed by atoms with Crippen molar-refractivity contribution >= 4 is 5.97 Å². The molecule has 1 saturated heterocycles. The van der Waals surface area contributed by atoms with Crippen molar-refractivity contribution in [3.8, 4) is 0 Å². The second kappa shape index (κ2) is 8.19. The zero-order valence-electron chi connectivity index (χ0n) is 13.7. The van der Waals surface area contributed by atoms with Crippen LogP contribution in [-0.2, 0) is 19.0 Å². The molecule has 8 nitrogen and oxygen atoms in total. The van der Waals surface area contributed by atoms with Crippen molar-refractivity contribution in [1.82, 2.24) is 0 Å². The van der Waals surface area contributed by atoms with E-state index in [0.29, 0.717) is 6.42 Å². The largest absolute Gasteiger partial charge is 0.454 e. The van der Waals surface area contributed by atoms with E-state index in [0.717, 1.165) is 5.57 Å². The Hall–Kier alpha value is -1.29. The Bertz CT molecular complexity index is 508. The van der Waals surface area contributed by atoms with E-state index < -0.39 is 43.3 Å². The summed E-state index contributed by atoms with van der Waals surface area (Å²) in [5, 5.41) is 38.4. The average Bonchev–Trinajstić information content (AvgIpc) is 2.53. The van der Waals surface area contributed by atoms with E-state index in [4.69, 9.17) is 19.3 Å². The van der Waals surface area contributed by atoms with Crippen molar-refractivity contribution in [1.29, 1.82) is 0 Å². The highest BCUT2D eigenvalue weighted by Crippen LogP contribution is 2.23. The van der Waals surface area contributed by atoms with Crippen molar-refractivity contribution in [3.05, 3.63) is 23.3 Å². The van der Waals surface area contributed by atoms with E-state index in [-0.39, 0.29) is 18.3 Å². The smallest absolute Gasteiger partial charge is 0.336 e. The van der Waals surface area contributed by atoms with E-state index in [9.17, 15) is 20.1 Å². The SMILES string of the molecule is CC(C)=C[C@@H]1CC=C(CO[C@@H]2O[C@H](CO)[C@@H](O)[C@H](O)[C@H]2O)C(=O)O1. The molecule has 6 atom stereocenters. The molecule has 0 radical (unpaired) electrons. The third-order valence-corrected chi connectivity index (χ3v) is 3.89. The third kappa shape index (κ3) is 4.41. The first-order valence-electron chi connectivity index (χ1n) is 7.80. The van der Waals surface area contributed by atoms with E-state index in [1.807, 2.05) is 19.9 Å². The molecular weight excluding hydrogens is 320 g/mol. The van der Waals surface area contributed by atoms with Crippen LogP contribution in [0.3, 0.4) is 0 Å². The van der Waals surface area contributed by atoms with Crippen LogP contribution in [0.2, 0.25) is 0 Å². The lowest BCUT2D eigenvalue weighted by atomic mass is 9.99. The van der Waals surface area contributed by atoms with Gasteiger partial charge in [0.25, 0.3) is 0 Å². The minimum atomic E-state index is -1.52. The minimum Gasteiger partial charge on any atom is -0.454 e. The summed E-state index contributed by atoms with van der Waals surface area (Å²) < 4.78 is 15.8. The average molecular weight is 344 g/mol. The van der Waals surface area contributed by atoms with Crippen molar-refractivity contribution in [2.24, 2.45) is 0 Å². The first-order valence-corrected chi connectivity index (χ1v) is 7.80. The van der Waals surface area contributed by atoms with Gasteiger partial charge in [0.05, 0.1) is 18.8 Å². The maximum Gasteiger partial charge on any atom is 0.336 e. The molecule has 8 heteroatoms. The molecule has 0 aromatic heterocycles. The number of esters is 1. The van der Waals surface area contributed by atoms with Gasteiger partial charge in [-0.25, -0.2) is 4.79 Å². The third-order valence-electron chi connectivity index (χ3n) is 3.89. The molecule has 136 valence electrons. The van der Waals surface area contributed by atoms with Crippen molar-refractivity contribution in [2.75, 3.05) is 13.2 Å². The topological polar surface area (TPSA) is 126 Å². The Balaban J connectivity index is 1.94. The Morgan fingerprint density at radius 2 is 2.00 bits per heavy atom. The van der Waals surface area contributed by atoms with Crippen molar-refractivity contribution < 1.29 is 39.4 Å². The standard InChI is InChI=1S/C16H24O8/c1-8(2)5-10-4-3-9(15(21)23-10)7-22-16-14(20)13(19)12(18)11(6-17)24-16/h3,5,10-14,16-20H,4,6-7H2,1-2H3/t10-,11+,12+,13-,14+,16+/m0/s1. The highest BCUT2D eigenvalue weighted by Gasteiger charge is 2.44. The summed E-state index contributed by atoms with van der Waals surface area (Å²) in [4.78, 5) is 11.9. The van der Waals surface area contributed by atoms with Crippen LogP contribution in [0, 0.1) is 0 Å². The van der Waals surface area contributed by atoms with Gasteiger partial charge in [-0.1, -0.05) is 11.6 Å². The van der Waals surface area contributed by atoms with E-state index in [1.165, 1.54) is 0 Å². The number of rotatable bonds is 5. The number of carbonyl (C=O) groups is 1. The van der Waals surface area contributed by atoms with Crippen molar-refractivity contribution in [3.63, 3.8) is 0 Å². The van der Waals surface area contributed by atoms with Gasteiger partial charge in [-0.05, 0) is 19.9 Å². The fourth-order valence-corrected chi connectivity index (χ4v) is 2.57. The summed E-state index contributed by atoms with van der Waals surface area (Å²) in [5.41, 5.74) is 1.33. The van der Waals surface area contributed by atoms with Gasteiger partial charge in [0, 0.05) is 6.42 Å². The lowest BCUT2D eigenvalue weighted by molar-refractivity contribution is -0.299. The second-order valence-electron chi connectivity index (χ2n) is 6.16. The highest BCUT2D eigenvalue weighted by atomic mass is 16.7. The van der Waals surface area contributed by atoms with E-state index in [2.05, 4.69) is 0 Å². The molecule has 0 bridgehead atoms. The van der Waals surface area contributed by atoms with E-state index in [1.54, 1.807) is 6.08 Å². The van der Waals surface area contributed by atoms with Crippen LogP contribution in [0.5, 0.6) is 0 Å². The molecule has 0 unspecified atom stereocenters. The number of aliphatic hydroxyl groups is 4. The van der Waals surface area contributed by atoms with Crippen LogP contribution in [-0.4, -0.2) is 76.4 Å². The summed E-state index contributed by atoms with van der Waals surface area (Å²) in [6.07, 6.45) is -3.04. The molecule has 0 aromatic carbocycles. The molecule has 4 N–H and O–H groups in total. The van der Waals surface area contributed by atoms with Gasteiger partial charge in [0.2, 0.25) is 0 Å². The summed E-state index contributed by atoms with van der Waals surface area (Å²) in [7, 11) is 0. The molecule has 2 aliphatic rings. The van der Waals surface area contributed by atoms with Gasteiger partial charge in [-0.15, -0.1) is 0 Å². The first-order chi connectivity index (χ1) is 11.3. The van der Waals surface area contributed by atoms with Crippen LogP contribution < -0.4 is 0 Å². The van der Waals surface area contributed by atoms with Gasteiger partial charge in [0.15, 0.2) is 6.29 Å². The maximum absolute atomic E-state index is 11.9. The molecule has 24 heavy (non-hydrogen) atoms. The predicted octanol–water partition coefficient (Wildman–Crippen LogP) is -0.989. The maximum atomic E-state index is 11.9. The summed E-state index contributed by atoms with van der Waals surface area (Å²) in [5.74, 6) is -0.520.